The zero-order valence-electron chi connectivity index (χ0n) is 21.4. The lowest BCUT2D eigenvalue weighted by Crippen LogP contribution is -2.50. The number of anilines is 3. The first kappa shape index (κ1) is 30.4. The molecule has 0 fully saturated rings. The van der Waals surface area contributed by atoms with Crippen LogP contribution in [0.5, 0.6) is 0 Å². The van der Waals surface area contributed by atoms with Gasteiger partial charge < -0.3 is 11.1 Å². The molecule has 1 aromatic heterocycles. The maximum absolute atomic E-state index is 12.0. The van der Waals surface area contributed by atoms with Crippen molar-refractivity contribution in [3.05, 3.63) is 53.7 Å². The first-order valence-corrected chi connectivity index (χ1v) is 14.3. The number of hydrogen-bond acceptors (Lipinski definition) is 13. The van der Waals surface area contributed by atoms with Crippen LogP contribution in [0.4, 0.5) is 34.6 Å². The SMILES string of the molecule is C=CS(=O)(=O)c1ccc(N=Nc2cc(SOOO)c(N)cc2Nc2nc(Cl)nc([N+](CC)(CC)CC)n2)cc1. The smallest absolute Gasteiger partial charge is 0.335 e. The molecule has 0 unspecified atom stereocenters. The molecule has 0 aliphatic heterocycles. The molecular formula is C23H28ClN8O5S2+. The van der Waals surface area contributed by atoms with Crippen molar-refractivity contribution in [2.75, 3.05) is 30.7 Å². The van der Waals surface area contributed by atoms with Gasteiger partial charge in [0, 0.05) is 11.1 Å². The molecule has 3 rings (SSSR count). The first-order valence-electron chi connectivity index (χ1n) is 11.6. The fourth-order valence-electron chi connectivity index (χ4n) is 3.63. The first-order chi connectivity index (χ1) is 18.6. The van der Waals surface area contributed by atoms with Gasteiger partial charge in [-0.25, -0.2) is 13.7 Å². The van der Waals surface area contributed by atoms with E-state index in [2.05, 4.69) is 46.4 Å². The molecule has 4 N–H and O–H groups in total. The minimum atomic E-state index is -3.58. The molecule has 0 saturated heterocycles. The van der Waals surface area contributed by atoms with Crippen molar-refractivity contribution in [1.29, 1.82) is 0 Å². The summed E-state index contributed by atoms with van der Waals surface area (Å²) in [5.74, 6) is 0.685. The number of quaternary nitrogens is 1. The van der Waals surface area contributed by atoms with Crippen LogP contribution >= 0.6 is 23.6 Å². The molecule has 0 saturated carbocycles. The van der Waals surface area contributed by atoms with Gasteiger partial charge in [0.15, 0.2) is 9.84 Å². The fourth-order valence-corrected chi connectivity index (χ4v) is 4.91. The molecule has 0 aliphatic carbocycles. The maximum atomic E-state index is 12.0. The molecular weight excluding hydrogens is 568 g/mol. The zero-order chi connectivity index (χ0) is 28.6. The van der Waals surface area contributed by atoms with Crippen molar-refractivity contribution in [3.63, 3.8) is 0 Å². The summed E-state index contributed by atoms with van der Waals surface area (Å²) < 4.78 is 29.0. The van der Waals surface area contributed by atoms with Gasteiger partial charge in [0.05, 0.1) is 52.8 Å². The second-order valence-corrected chi connectivity index (χ2v) is 11.0. The maximum Gasteiger partial charge on any atom is 0.335 e. The number of rotatable bonds is 13. The quantitative estimate of drug-likeness (QED) is 0.0529. The van der Waals surface area contributed by atoms with E-state index in [0.717, 1.165) is 25.0 Å². The number of hydrogen-bond donors (Lipinski definition) is 3. The highest BCUT2D eigenvalue weighted by molar-refractivity contribution is 7.94. The van der Waals surface area contributed by atoms with Crippen LogP contribution in [0.1, 0.15) is 20.8 Å². The second kappa shape index (κ2) is 13.3. The summed E-state index contributed by atoms with van der Waals surface area (Å²) in [5, 5.41) is 24.7. The Kier molecular flexibility index (Phi) is 10.3. The van der Waals surface area contributed by atoms with Crippen molar-refractivity contribution in [1.82, 2.24) is 19.4 Å². The van der Waals surface area contributed by atoms with Crippen LogP contribution in [0.2, 0.25) is 5.28 Å². The summed E-state index contributed by atoms with van der Waals surface area (Å²) in [7, 11) is -3.58. The Morgan fingerprint density at radius 2 is 1.79 bits per heavy atom. The van der Waals surface area contributed by atoms with Crippen LogP contribution in [-0.2, 0) is 19.2 Å². The third-order valence-electron chi connectivity index (χ3n) is 6.02. The molecule has 0 aliphatic rings. The molecule has 0 radical (unpaired) electrons. The predicted molar refractivity (Wildman–Crippen MR) is 151 cm³/mol. The standard InChI is InChI=1S/C23H27ClN8O5S2/c1-5-32(6-2,7-3)23-28-21(24)27-22(29-23)26-18-13-17(25)20(38-37-36-33)14-19(18)31-30-15-9-11-16(12-10-15)39(34,35)8-4/h8-14H,4-7,25H2,1-3H3,(H-,26,27,28,29,33)/p+1. The topological polar surface area (TPSA) is 174 Å². The van der Waals surface area contributed by atoms with E-state index in [0.29, 0.717) is 38.7 Å². The van der Waals surface area contributed by atoms with E-state index < -0.39 is 9.84 Å². The fraction of sp³-hybridized carbons (Fsp3) is 0.261. The van der Waals surface area contributed by atoms with Crippen LogP contribution in [0.3, 0.4) is 0 Å². The number of nitrogens with one attached hydrogen (secondary N) is 1. The van der Waals surface area contributed by atoms with Crippen LogP contribution in [0.15, 0.2) is 68.4 Å². The summed E-state index contributed by atoms with van der Waals surface area (Å²) in [5.41, 5.74) is 7.47. The average Bonchev–Trinajstić information content (AvgIpc) is 2.93. The average molecular weight is 596 g/mol. The molecule has 208 valence electrons. The van der Waals surface area contributed by atoms with E-state index >= 15 is 0 Å². The summed E-state index contributed by atoms with van der Waals surface area (Å²) in [6.07, 6.45) is 0. The van der Waals surface area contributed by atoms with Crippen molar-refractivity contribution in [2.45, 2.75) is 30.6 Å². The molecule has 0 spiro atoms. The molecule has 1 heterocycles. The lowest BCUT2D eigenvalue weighted by molar-refractivity contribution is -0.432. The Morgan fingerprint density at radius 1 is 1.13 bits per heavy atom. The molecule has 3 aromatic rings. The van der Waals surface area contributed by atoms with Crippen LogP contribution in [0.25, 0.3) is 0 Å². The molecule has 39 heavy (non-hydrogen) atoms. The highest BCUT2D eigenvalue weighted by atomic mass is 35.5. The highest BCUT2D eigenvalue weighted by Gasteiger charge is 2.29. The minimum Gasteiger partial charge on any atom is -0.398 e. The number of sulfone groups is 1. The van der Waals surface area contributed by atoms with Gasteiger partial charge in [-0.1, -0.05) is 11.6 Å². The highest BCUT2D eigenvalue weighted by Crippen LogP contribution is 2.38. The molecule has 16 heteroatoms. The van der Waals surface area contributed by atoms with E-state index in [-0.39, 0.29) is 27.5 Å². The van der Waals surface area contributed by atoms with Gasteiger partial charge in [-0.3, -0.25) is 4.48 Å². The Bertz CT molecular complexity index is 1440. The molecule has 2 aromatic carbocycles. The van der Waals surface area contributed by atoms with Crippen LogP contribution in [0, 0.1) is 0 Å². The predicted octanol–water partition coefficient (Wildman–Crippen LogP) is 5.98. The Morgan fingerprint density at radius 3 is 2.38 bits per heavy atom. The van der Waals surface area contributed by atoms with Gasteiger partial charge in [-0.05, 0) is 68.8 Å². The van der Waals surface area contributed by atoms with Crippen molar-refractivity contribution in [2.24, 2.45) is 10.2 Å². The lowest BCUT2D eigenvalue weighted by atomic mass is 10.2. The van der Waals surface area contributed by atoms with Crippen LogP contribution < -0.4 is 15.5 Å². The Labute approximate surface area is 235 Å². The van der Waals surface area contributed by atoms with Gasteiger partial charge in [0.25, 0.3) is 0 Å². The molecule has 0 amide bonds. The number of nitrogens with two attached hydrogens (primary N) is 1. The van der Waals surface area contributed by atoms with Gasteiger partial charge in [-0.2, -0.15) is 10.1 Å². The van der Waals surface area contributed by atoms with Gasteiger partial charge in [0.2, 0.25) is 11.2 Å². The zero-order valence-corrected chi connectivity index (χ0v) is 23.8. The number of aromatic nitrogens is 3. The van der Waals surface area contributed by atoms with E-state index in [1.165, 1.54) is 30.3 Å². The summed E-state index contributed by atoms with van der Waals surface area (Å²) >= 11 is 6.91. The number of benzene rings is 2. The monoisotopic (exact) mass is 595 g/mol. The normalized spacial score (nSPS) is 12.1. The summed E-state index contributed by atoms with van der Waals surface area (Å²) in [6.45, 7) is 11.7. The number of halogens is 1. The number of nitrogen functional groups attached to an aromatic ring is 1. The van der Waals surface area contributed by atoms with Gasteiger partial charge in [-0.15, -0.1) is 19.4 Å². The number of nitrogens with zero attached hydrogens (tertiary/aromatic N) is 6. The Balaban J connectivity index is 2.03. The van der Waals surface area contributed by atoms with Crippen molar-refractivity contribution in [3.8, 4) is 0 Å². The largest absolute Gasteiger partial charge is 0.398 e. The minimum absolute atomic E-state index is 0.0201. The number of azo groups is 1. The van der Waals surface area contributed by atoms with Crippen LogP contribution in [-0.4, -0.2) is 48.3 Å². The Hall–Kier alpha value is -3.18. The molecule has 0 atom stereocenters. The van der Waals surface area contributed by atoms with E-state index in [4.69, 9.17) is 22.6 Å². The third-order valence-corrected chi connectivity index (χ3v) is 8.22. The molecule has 13 nitrogen and oxygen atoms in total. The summed E-state index contributed by atoms with van der Waals surface area (Å²) in [4.78, 5) is 13.6. The second-order valence-electron chi connectivity index (χ2n) is 7.99. The lowest BCUT2D eigenvalue weighted by Gasteiger charge is -2.32. The van der Waals surface area contributed by atoms with E-state index in [9.17, 15) is 8.42 Å². The van der Waals surface area contributed by atoms with Gasteiger partial charge >= 0.3 is 5.95 Å². The van der Waals surface area contributed by atoms with E-state index in [1.54, 1.807) is 6.07 Å². The molecule has 0 bridgehead atoms. The van der Waals surface area contributed by atoms with E-state index in [1.807, 2.05) is 20.8 Å². The van der Waals surface area contributed by atoms with Crippen molar-refractivity contribution >= 4 is 68.1 Å². The van der Waals surface area contributed by atoms with Gasteiger partial charge in [0.1, 0.15) is 5.69 Å². The summed E-state index contributed by atoms with van der Waals surface area (Å²) in [6, 6.07) is 8.88. The third kappa shape index (κ3) is 7.27. The van der Waals surface area contributed by atoms with Crippen molar-refractivity contribution < 1.29 is 23.0 Å².